The Kier molecular flexibility index (Phi) is 3.72. The number of rotatable bonds is 5. The first-order chi connectivity index (χ1) is 6.76. The highest BCUT2D eigenvalue weighted by molar-refractivity contribution is 5.29. The van der Waals surface area contributed by atoms with E-state index in [2.05, 4.69) is 16.5 Å². The average Bonchev–Trinajstić information content (AvgIpc) is 2.17. The normalized spacial score (nSPS) is 9.50. The molecule has 0 saturated heterocycles. The molecule has 5 nitrogen and oxygen atoms in total. The number of methoxy groups -OCH3 is 1. The Morgan fingerprint density at radius 3 is 2.86 bits per heavy atom. The Hall–Kier alpha value is -1.78. The lowest BCUT2D eigenvalue weighted by atomic mass is 10.4. The van der Waals surface area contributed by atoms with E-state index in [1.165, 1.54) is 7.11 Å². The summed E-state index contributed by atoms with van der Waals surface area (Å²) in [7, 11) is 1.51. The van der Waals surface area contributed by atoms with Crippen LogP contribution in [0.3, 0.4) is 0 Å². The van der Waals surface area contributed by atoms with Crippen LogP contribution in [0, 0.1) is 0 Å². The summed E-state index contributed by atoms with van der Waals surface area (Å²) in [4.78, 5) is 7.71. The monoisotopic (exact) mass is 195 g/mol. The first-order valence-corrected chi connectivity index (χ1v) is 4.18. The van der Waals surface area contributed by atoms with E-state index in [1.54, 1.807) is 12.1 Å². The van der Waals surface area contributed by atoms with E-state index in [9.17, 15) is 0 Å². The van der Waals surface area contributed by atoms with Gasteiger partial charge < -0.3 is 15.2 Å². The summed E-state index contributed by atoms with van der Waals surface area (Å²) >= 11 is 0. The molecule has 0 spiro atoms. The summed E-state index contributed by atoms with van der Waals surface area (Å²) in [6, 6.07) is 1.58. The molecule has 5 heteroatoms. The van der Waals surface area contributed by atoms with Crippen molar-refractivity contribution in [3.8, 4) is 11.8 Å². The van der Waals surface area contributed by atoms with Gasteiger partial charge in [-0.25, -0.2) is 0 Å². The highest BCUT2D eigenvalue weighted by Crippen LogP contribution is 2.15. The van der Waals surface area contributed by atoms with Crippen LogP contribution < -0.4 is 15.2 Å². The third-order valence-electron chi connectivity index (χ3n) is 1.48. The van der Waals surface area contributed by atoms with Crippen LogP contribution >= 0.6 is 0 Å². The number of nitrogen functional groups attached to an aromatic ring is 1. The molecule has 0 bridgehead atoms. The van der Waals surface area contributed by atoms with Gasteiger partial charge in [-0.3, -0.25) is 0 Å². The molecule has 0 radical (unpaired) electrons. The molecule has 0 fully saturated rings. The van der Waals surface area contributed by atoms with E-state index in [0.29, 0.717) is 18.4 Å². The lowest BCUT2D eigenvalue weighted by molar-refractivity contribution is 0.307. The molecular formula is C9H13N3O2. The Labute approximate surface area is 82.6 Å². The second-order valence-electron chi connectivity index (χ2n) is 2.53. The Morgan fingerprint density at radius 2 is 2.21 bits per heavy atom. The van der Waals surface area contributed by atoms with Gasteiger partial charge in [0.1, 0.15) is 0 Å². The number of nitrogens with two attached hydrogens (primary N) is 1. The van der Waals surface area contributed by atoms with E-state index in [4.69, 9.17) is 15.2 Å². The van der Waals surface area contributed by atoms with Crippen LogP contribution in [0.15, 0.2) is 18.7 Å². The van der Waals surface area contributed by atoms with Gasteiger partial charge in [0.25, 0.3) is 0 Å². The molecule has 0 amide bonds. The van der Waals surface area contributed by atoms with Crippen LogP contribution in [-0.2, 0) is 0 Å². The lowest BCUT2D eigenvalue weighted by Crippen LogP contribution is -2.02. The largest absolute Gasteiger partial charge is 0.481 e. The van der Waals surface area contributed by atoms with Gasteiger partial charge in [0.05, 0.1) is 19.8 Å². The van der Waals surface area contributed by atoms with Crippen LogP contribution in [0.1, 0.15) is 6.42 Å². The summed E-state index contributed by atoms with van der Waals surface area (Å²) in [5.74, 6) is 0.945. The van der Waals surface area contributed by atoms with Crippen LogP contribution in [0.4, 0.5) is 5.95 Å². The minimum atomic E-state index is 0.137. The highest BCUT2D eigenvalue weighted by atomic mass is 16.5. The predicted octanol–water partition coefficient (Wildman–Crippen LogP) is 1.02. The topological polar surface area (TPSA) is 70.3 Å². The number of ether oxygens (including phenoxy) is 2. The molecule has 1 aromatic heterocycles. The molecule has 0 saturated carbocycles. The van der Waals surface area contributed by atoms with Crippen molar-refractivity contribution in [3.05, 3.63) is 18.7 Å². The summed E-state index contributed by atoms with van der Waals surface area (Å²) in [6.07, 6.45) is 2.52. The van der Waals surface area contributed by atoms with E-state index in [0.717, 1.165) is 6.42 Å². The first-order valence-electron chi connectivity index (χ1n) is 4.18. The molecule has 1 aromatic rings. The quantitative estimate of drug-likeness (QED) is 0.561. The second kappa shape index (κ2) is 5.06. The van der Waals surface area contributed by atoms with Crippen LogP contribution in [0.5, 0.6) is 11.8 Å². The van der Waals surface area contributed by atoms with Gasteiger partial charge in [0.2, 0.25) is 17.7 Å². The van der Waals surface area contributed by atoms with Gasteiger partial charge in [-0.05, 0) is 6.42 Å². The Bertz CT molecular complexity index is 315. The van der Waals surface area contributed by atoms with Crippen molar-refractivity contribution < 1.29 is 9.47 Å². The lowest BCUT2D eigenvalue weighted by Gasteiger charge is -2.05. The third kappa shape index (κ3) is 2.93. The number of aromatic nitrogens is 2. The predicted molar refractivity (Wildman–Crippen MR) is 53.3 cm³/mol. The SMILES string of the molecule is C=CCCOc1cc(OC)nc(N)n1. The zero-order valence-electron chi connectivity index (χ0n) is 8.06. The summed E-state index contributed by atoms with van der Waals surface area (Å²) in [5.41, 5.74) is 5.44. The fourth-order valence-electron chi connectivity index (χ4n) is 0.846. The molecule has 0 unspecified atom stereocenters. The minimum Gasteiger partial charge on any atom is -0.481 e. The number of hydrogen-bond donors (Lipinski definition) is 1. The number of anilines is 1. The van der Waals surface area contributed by atoms with Gasteiger partial charge in [0, 0.05) is 0 Å². The molecule has 0 aromatic carbocycles. The summed E-state index contributed by atoms with van der Waals surface area (Å²) in [6.45, 7) is 4.10. The number of nitrogens with zero attached hydrogens (tertiary/aromatic N) is 2. The Morgan fingerprint density at radius 1 is 1.50 bits per heavy atom. The fourth-order valence-corrected chi connectivity index (χ4v) is 0.846. The van der Waals surface area contributed by atoms with Crippen LogP contribution in [-0.4, -0.2) is 23.7 Å². The third-order valence-corrected chi connectivity index (χ3v) is 1.48. The molecule has 76 valence electrons. The van der Waals surface area contributed by atoms with Crippen molar-refractivity contribution in [3.63, 3.8) is 0 Å². The van der Waals surface area contributed by atoms with Crippen molar-refractivity contribution in [2.75, 3.05) is 19.5 Å². The molecule has 1 heterocycles. The van der Waals surface area contributed by atoms with Crippen molar-refractivity contribution in [2.45, 2.75) is 6.42 Å². The average molecular weight is 195 g/mol. The van der Waals surface area contributed by atoms with Gasteiger partial charge >= 0.3 is 0 Å². The van der Waals surface area contributed by atoms with E-state index in [1.807, 2.05) is 0 Å². The smallest absolute Gasteiger partial charge is 0.226 e. The van der Waals surface area contributed by atoms with Gasteiger partial charge in [0.15, 0.2) is 0 Å². The van der Waals surface area contributed by atoms with Crippen molar-refractivity contribution >= 4 is 5.95 Å². The maximum atomic E-state index is 5.44. The zero-order chi connectivity index (χ0) is 10.4. The summed E-state index contributed by atoms with van der Waals surface area (Å²) < 4.78 is 10.2. The minimum absolute atomic E-state index is 0.137. The van der Waals surface area contributed by atoms with E-state index < -0.39 is 0 Å². The van der Waals surface area contributed by atoms with Gasteiger partial charge in [-0.1, -0.05) is 6.08 Å². The van der Waals surface area contributed by atoms with E-state index >= 15 is 0 Å². The Balaban J connectivity index is 2.66. The maximum absolute atomic E-state index is 5.44. The molecular weight excluding hydrogens is 182 g/mol. The van der Waals surface area contributed by atoms with Crippen molar-refractivity contribution in [1.29, 1.82) is 0 Å². The number of hydrogen-bond acceptors (Lipinski definition) is 5. The van der Waals surface area contributed by atoms with Crippen LogP contribution in [0.25, 0.3) is 0 Å². The molecule has 14 heavy (non-hydrogen) atoms. The van der Waals surface area contributed by atoms with Crippen molar-refractivity contribution in [1.82, 2.24) is 9.97 Å². The molecule has 0 aliphatic rings. The molecule has 0 aliphatic heterocycles. The highest BCUT2D eigenvalue weighted by Gasteiger charge is 2.02. The molecule has 2 N–H and O–H groups in total. The fraction of sp³-hybridized carbons (Fsp3) is 0.333. The van der Waals surface area contributed by atoms with Crippen LogP contribution in [0.2, 0.25) is 0 Å². The second-order valence-corrected chi connectivity index (χ2v) is 2.53. The zero-order valence-corrected chi connectivity index (χ0v) is 8.06. The molecule has 1 rings (SSSR count). The van der Waals surface area contributed by atoms with Gasteiger partial charge in [-0.15, -0.1) is 6.58 Å². The van der Waals surface area contributed by atoms with Gasteiger partial charge in [-0.2, -0.15) is 9.97 Å². The summed E-state index contributed by atoms with van der Waals surface area (Å²) in [5, 5.41) is 0. The standard InChI is InChI=1S/C9H13N3O2/c1-3-4-5-14-8-6-7(13-2)11-9(10)12-8/h3,6H,1,4-5H2,2H3,(H2,10,11,12). The van der Waals surface area contributed by atoms with Crippen molar-refractivity contribution in [2.24, 2.45) is 0 Å². The molecule has 0 aliphatic carbocycles. The van der Waals surface area contributed by atoms with E-state index in [-0.39, 0.29) is 5.95 Å². The maximum Gasteiger partial charge on any atom is 0.226 e. The molecule has 0 atom stereocenters. The first kappa shape index (κ1) is 10.3.